The Balaban J connectivity index is 2.37. The van der Waals surface area contributed by atoms with Crippen LogP contribution in [-0.2, 0) is 4.84 Å². The predicted octanol–water partition coefficient (Wildman–Crippen LogP) is -1.41. The smallest absolute Gasteiger partial charge is 0.107 e. The number of hydrogen-bond donors (Lipinski definition) is 2. The number of aliphatic hydroxyl groups excluding tert-OH is 2. The highest BCUT2D eigenvalue weighted by molar-refractivity contribution is 5.02. The van der Waals surface area contributed by atoms with E-state index in [2.05, 4.69) is 0 Å². The molecule has 1 aliphatic heterocycles. The first kappa shape index (κ1) is 6.95. The van der Waals surface area contributed by atoms with E-state index in [1.54, 1.807) is 5.06 Å². The fourth-order valence-corrected chi connectivity index (χ4v) is 0.798. The van der Waals surface area contributed by atoms with E-state index in [0.717, 1.165) is 0 Å². The van der Waals surface area contributed by atoms with Gasteiger partial charge in [0, 0.05) is 0 Å². The van der Waals surface area contributed by atoms with Crippen molar-refractivity contribution in [1.29, 1.82) is 0 Å². The lowest BCUT2D eigenvalue weighted by Gasteiger charge is -2.08. The molecule has 54 valence electrons. The summed E-state index contributed by atoms with van der Waals surface area (Å²) in [5, 5.41) is 18.9. The lowest BCUT2D eigenvalue weighted by molar-refractivity contribution is -0.0755. The molecule has 0 saturated carbocycles. The summed E-state index contributed by atoms with van der Waals surface area (Å²) >= 11 is 0. The van der Waals surface area contributed by atoms with Crippen LogP contribution in [0.25, 0.3) is 0 Å². The average Bonchev–Trinajstić information content (AvgIpc) is 2.63. The molecular weight excluding hydrogens is 122 g/mol. The minimum atomic E-state index is -0.477. The monoisotopic (exact) mass is 133 g/mol. The van der Waals surface area contributed by atoms with Gasteiger partial charge in [-0.25, -0.2) is 0 Å². The second-order valence-corrected chi connectivity index (χ2v) is 2.26. The van der Waals surface area contributed by atoms with Gasteiger partial charge in [-0.2, -0.15) is 5.06 Å². The van der Waals surface area contributed by atoms with Gasteiger partial charge in [-0.3, -0.25) is 0 Å². The van der Waals surface area contributed by atoms with E-state index in [-0.39, 0.29) is 13.2 Å². The number of rotatable bonds is 3. The van der Waals surface area contributed by atoms with Gasteiger partial charge in [0.25, 0.3) is 0 Å². The molecule has 0 aromatic rings. The topological polar surface area (TPSA) is 52.7 Å². The van der Waals surface area contributed by atoms with Crippen LogP contribution in [0.3, 0.4) is 0 Å². The largest absolute Gasteiger partial charge is 0.394 e. The third-order valence-electron chi connectivity index (χ3n) is 1.67. The minimum Gasteiger partial charge on any atom is -0.394 e. The lowest BCUT2D eigenvalue weighted by Crippen LogP contribution is -2.27. The van der Waals surface area contributed by atoms with Gasteiger partial charge >= 0.3 is 0 Å². The van der Waals surface area contributed by atoms with Crippen molar-refractivity contribution in [2.45, 2.75) is 5.54 Å². The van der Waals surface area contributed by atoms with Gasteiger partial charge in [0.05, 0.1) is 26.9 Å². The van der Waals surface area contributed by atoms with Crippen LogP contribution >= 0.6 is 0 Å². The van der Waals surface area contributed by atoms with Crippen molar-refractivity contribution in [3.05, 3.63) is 0 Å². The maximum atomic E-state index is 8.68. The summed E-state index contributed by atoms with van der Waals surface area (Å²) < 4.78 is 0. The third-order valence-corrected chi connectivity index (χ3v) is 1.67. The number of hydrogen-bond acceptors (Lipinski definition) is 4. The predicted molar refractivity (Wildman–Crippen MR) is 30.6 cm³/mol. The van der Waals surface area contributed by atoms with Gasteiger partial charge in [-0.1, -0.05) is 0 Å². The molecule has 1 saturated heterocycles. The molecular formula is C5H11NO3. The molecule has 4 nitrogen and oxygen atoms in total. The highest BCUT2D eigenvalue weighted by Crippen LogP contribution is 2.30. The van der Waals surface area contributed by atoms with E-state index in [9.17, 15) is 0 Å². The first-order valence-corrected chi connectivity index (χ1v) is 2.82. The summed E-state index contributed by atoms with van der Waals surface area (Å²) in [6, 6.07) is 0. The molecule has 4 heteroatoms. The van der Waals surface area contributed by atoms with E-state index < -0.39 is 5.54 Å². The van der Waals surface area contributed by atoms with Gasteiger partial charge in [-0.15, -0.1) is 0 Å². The fraction of sp³-hybridized carbons (Fsp3) is 1.00. The van der Waals surface area contributed by atoms with Crippen molar-refractivity contribution >= 4 is 0 Å². The normalized spacial score (nSPS) is 30.3. The summed E-state index contributed by atoms with van der Waals surface area (Å²) in [6.07, 6.45) is 0. The Bertz CT molecular complexity index is 102. The van der Waals surface area contributed by atoms with Gasteiger partial charge < -0.3 is 15.1 Å². The molecule has 1 fully saturated rings. The molecule has 0 aromatic carbocycles. The van der Waals surface area contributed by atoms with Crippen molar-refractivity contribution < 1.29 is 15.1 Å². The first-order chi connectivity index (χ1) is 4.29. The molecule has 0 bridgehead atoms. The van der Waals surface area contributed by atoms with E-state index in [0.29, 0.717) is 6.54 Å². The van der Waals surface area contributed by atoms with Crippen LogP contribution in [0.4, 0.5) is 0 Å². The van der Waals surface area contributed by atoms with Crippen molar-refractivity contribution in [2.75, 3.05) is 26.9 Å². The molecule has 1 aliphatic rings. The van der Waals surface area contributed by atoms with Crippen LogP contribution in [0.5, 0.6) is 0 Å². The van der Waals surface area contributed by atoms with Gasteiger partial charge in [0.1, 0.15) is 5.54 Å². The summed E-state index contributed by atoms with van der Waals surface area (Å²) in [5.41, 5.74) is -0.477. The molecule has 0 spiro atoms. The van der Waals surface area contributed by atoms with Crippen molar-refractivity contribution in [3.63, 3.8) is 0 Å². The fourth-order valence-electron chi connectivity index (χ4n) is 0.798. The molecule has 1 unspecified atom stereocenters. The van der Waals surface area contributed by atoms with Crippen molar-refractivity contribution in [1.82, 2.24) is 5.06 Å². The maximum Gasteiger partial charge on any atom is 0.107 e. The lowest BCUT2D eigenvalue weighted by atomic mass is 10.2. The zero-order valence-corrected chi connectivity index (χ0v) is 5.37. The summed E-state index contributed by atoms with van der Waals surface area (Å²) in [7, 11) is 1.52. The van der Waals surface area contributed by atoms with Crippen molar-refractivity contribution in [3.8, 4) is 0 Å². The Hall–Kier alpha value is -0.160. The van der Waals surface area contributed by atoms with E-state index in [1.807, 2.05) is 0 Å². The Kier molecular flexibility index (Phi) is 1.72. The van der Waals surface area contributed by atoms with Crippen LogP contribution < -0.4 is 0 Å². The Morgan fingerprint density at radius 3 is 2.22 bits per heavy atom. The molecule has 0 aromatic heterocycles. The van der Waals surface area contributed by atoms with E-state index in [1.165, 1.54) is 7.11 Å². The second-order valence-electron chi connectivity index (χ2n) is 2.26. The van der Waals surface area contributed by atoms with Crippen LogP contribution in [0.2, 0.25) is 0 Å². The molecule has 9 heavy (non-hydrogen) atoms. The molecule has 0 radical (unpaired) electrons. The molecule has 1 heterocycles. The standard InChI is InChI=1S/C5H11NO3/c1-9-6-2-5(6,3-7)4-8/h7-8H,2-4H2,1H3. The van der Waals surface area contributed by atoms with Crippen molar-refractivity contribution in [2.24, 2.45) is 0 Å². The Morgan fingerprint density at radius 1 is 1.56 bits per heavy atom. The van der Waals surface area contributed by atoms with Crippen LogP contribution in [0.15, 0.2) is 0 Å². The number of aliphatic hydroxyl groups is 2. The van der Waals surface area contributed by atoms with Crippen LogP contribution in [-0.4, -0.2) is 47.7 Å². The average molecular weight is 133 g/mol. The highest BCUT2D eigenvalue weighted by Gasteiger charge is 2.52. The molecule has 1 rings (SSSR count). The minimum absolute atomic E-state index is 0.0443. The molecule has 1 atom stereocenters. The first-order valence-electron chi connectivity index (χ1n) is 2.82. The highest BCUT2D eigenvalue weighted by atomic mass is 16.7. The SMILES string of the molecule is CON1CC1(CO)CO. The van der Waals surface area contributed by atoms with Gasteiger partial charge in [-0.05, 0) is 0 Å². The molecule has 0 amide bonds. The Morgan fingerprint density at radius 2 is 2.11 bits per heavy atom. The van der Waals surface area contributed by atoms with E-state index in [4.69, 9.17) is 15.1 Å². The van der Waals surface area contributed by atoms with Gasteiger partial charge in [0.15, 0.2) is 0 Å². The summed E-state index contributed by atoms with van der Waals surface area (Å²) in [4.78, 5) is 4.77. The summed E-state index contributed by atoms with van der Waals surface area (Å²) in [5.74, 6) is 0. The molecule has 0 aliphatic carbocycles. The van der Waals surface area contributed by atoms with Crippen LogP contribution in [0, 0.1) is 0 Å². The summed E-state index contributed by atoms with van der Waals surface area (Å²) in [6.45, 7) is 0.533. The van der Waals surface area contributed by atoms with Crippen LogP contribution in [0.1, 0.15) is 0 Å². The quantitative estimate of drug-likeness (QED) is 0.464. The zero-order valence-electron chi connectivity index (χ0n) is 5.37. The van der Waals surface area contributed by atoms with E-state index >= 15 is 0 Å². The third kappa shape index (κ3) is 0.943. The Labute approximate surface area is 53.6 Å². The molecule has 2 N–H and O–H groups in total. The zero-order chi connectivity index (χ0) is 6.91. The number of nitrogens with zero attached hydrogens (tertiary/aromatic N) is 1. The number of hydroxylamine groups is 2. The second kappa shape index (κ2) is 2.22. The van der Waals surface area contributed by atoms with Gasteiger partial charge in [0.2, 0.25) is 0 Å². The maximum absolute atomic E-state index is 8.68.